The van der Waals surface area contributed by atoms with Crippen LogP contribution in [0, 0.1) is 0 Å². The Morgan fingerprint density at radius 3 is 1.93 bits per heavy atom. The van der Waals surface area contributed by atoms with Gasteiger partial charge in [0.1, 0.15) is 30.5 Å². The third-order valence-electron chi connectivity index (χ3n) is 3.96. The van der Waals surface area contributed by atoms with Crippen LogP contribution in [0.5, 0.6) is 0 Å². The highest BCUT2D eigenvalue weighted by Crippen LogP contribution is 2.30. The van der Waals surface area contributed by atoms with Crippen molar-refractivity contribution in [2.45, 2.75) is 62.2 Å². The maximum Gasteiger partial charge on any atom is 0.397 e. The third-order valence-corrected chi connectivity index (χ3v) is 4.89. The first kappa shape index (κ1) is 23.7. The van der Waals surface area contributed by atoms with Crippen LogP contribution in [0.25, 0.3) is 0 Å². The SMILES string of the molecule is C[C@@H]1O[C@@H](O)[C@H](O)[C@H](OS(=O)(=O)O)[C@H]1O[C@@H]1OC[C@@H](O)[C@H](O)[C@H]1OS(=O)(=O)O. The lowest BCUT2D eigenvalue weighted by Crippen LogP contribution is -2.62. The van der Waals surface area contributed by atoms with Crippen molar-refractivity contribution < 1.29 is 68.9 Å². The van der Waals surface area contributed by atoms with Crippen molar-refractivity contribution in [2.24, 2.45) is 0 Å². The topological polar surface area (TPSA) is 236 Å². The summed E-state index contributed by atoms with van der Waals surface area (Å²) >= 11 is 0. The Hall–Kier alpha value is -0.540. The van der Waals surface area contributed by atoms with Gasteiger partial charge >= 0.3 is 20.8 Å². The van der Waals surface area contributed by atoms with Gasteiger partial charge in [0.05, 0.1) is 12.7 Å². The molecule has 0 aromatic carbocycles. The van der Waals surface area contributed by atoms with Gasteiger partial charge in [-0.25, -0.2) is 8.37 Å². The van der Waals surface area contributed by atoms with E-state index in [0.717, 1.165) is 0 Å². The second-order valence-electron chi connectivity index (χ2n) is 6.06. The van der Waals surface area contributed by atoms with Gasteiger partial charge in [0, 0.05) is 0 Å². The standard InChI is InChI=1S/C11H20O15S2/c1-3-7(8(25-27(16,17)18)6(14)10(15)23-3)24-11-9(26-28(19,20)21)5(13)4(12)2-22-11/h3-15H,2H2,1H3,(H,16,17,18)(H,19,20,21)/t3-,4+,5-,6+,7-,8-,9+,10+,11-/m0/s1. The minimum atomic E-state index is -5.15. The summed E-state index contributed by atoms with van der Waals surface area (Å²) in [7, 11) is -10.3. The van der Waals surface area contributed by atoms with Gasteiger partial charge in [0.2, 0.25) is 0 Å². The lowest BCUT2D eigenvalue weighted by atomic mass is 9.99. The zero-order valence-electron chi connectivity index (χ0n) is 14.1. The molecule has 2 aliphatic heterocycles. The molecule has 9 atom stereocenters. The molecule has 0 aromatic rings. The summed E-state index contributed by atoms with van der Waals surface area (Å²) in [6, 6.07) is 0. The van der Waals surface area contributed by atoms with Crippen molar-refractivity contribution in [3.8, 4) is 0 Å². The highest BCUT2D eigenvalue weighted by molar-refractivity contribution is 7.81. The summed E-state index contributed by atoms with van der Waals surface area (Å²) in [6.45, 7) is 0.668. The molecule has 0 unspecified atom stereocenters. The highest BCUT2D eigenvalue weighted by atomic mass is 32.3. The molecule has 28 heavy (non-hydrogen) atoms. The summed E-state index contributed by atoms with van der Waals surface area (Å²) in [6.07, 6.45) is -16.2. The first-order valence-electron chi connectivity index (χ1n) is 7.66. The van der Waals surface area contributed by atoms with E-state index in [9.17, 15) is 37.3 Å². The van der Waals surface area contributed by atoms with E-state index in [1.54, 1.807) is 0 Å². The molecule has 0 aromatic heterocycles. The molecule has 2 aliphatic rings. The fourth-order valence-corrected chi connectivity index (χ4v) is 3.71. The number of ether oxygens (including phenoxy) is 3. The average molecular weight is 456 g/mol. The zero-order valence-corrected chi connectivity index (χ0v) is 15.7. The van der Waals surface area contributed by atoms with Gasteiger partial charge in [0.25, 0.3) is 0 Å². The largest absolute Gasteiger partial charge is 0.397 e. The summed E-state index contributed by atoms with van der Waals surface area (Å²) in [5, 5.41) is 39.0. The van der Waals surface area contributed by atoms with Gasteiger partial charge < -0.3 is 34.6 Å². The van der Waals surface area contributed by atoms with E-state index in [-0.39, 0.29) is 0 Å². The molecule has 0 saturated carbocycles. The molecule has 0 aliphatic carbocycles. The molecule has 6 N–H and O–H groups in total. The molecule has 15 nitrogen and oxygen atoms in total. The van der Waals surface area contributed by atoms with E-state index < -0.39 is 82.7 Å². The maximum absolute atomic E-state index is 11.0. The molecular weight excluding hydrogens is 436 g/mol. The summed E-state index contributed by atoms with van der Waals surface area (Å²) in [5.74, 6) is 0. The van der Waals surface area contributed by atoms with Crippen molar-refractivity contribution in [2.75, 3.05) is 6.61 Å². The van der Waals surface area contributed by atoms with Crippen molar-refractivity contribution in [1.29, 1.82) is 0 Å². The number of rotatable bonds is 6. The van der Waals surface area contributed by atoms with E-state index in [0.29, 0.717) is 0 Å². The zero-order chi connectivity index (χ0) is 21.4. The normalized spacial score (nSPS) is 43.0. The predicted molar refractivity (Wildman–Crippen MR) is 82.0 cm³/mol. The van der Waals surface area contributed by atoms with Gasteiger partial charge in [-0.15, -0.1) is 0 Å². The number of hydrogen-bond donors (Lipinski definition) is 6. The van der Waals surface area contributed by atoms with Gasteiger partial charge in [-0.05, 0) is 6.92 Å². The van der Waals surface area contributed by atoms with Crippen LogP contribution < -0.4 is 0 Å². The van der Waals surface area contributed by atoms with Crippen LogP contribution in [0.1, 0.15) is 6.92 Å². The van der Waals surface area contributed by atoms with Crippen LogP contribution in [0.3, 0.4) is 0 Å². The number of aliphatic hydroxyl groups is 4. The first-order valence-corrected chi connectivity index (χ1v) is 10.4. The molecular formula is C11H20O15S2. The van der Waals surface area contributed by atoms with Crippen molar-refractivity contribution in [3.63, 3.8) is 0 Å². The molecule has 17 heteroatoms. The van der Waals surface area contributed by atoms with E-state index >= 15 is 0 Å². The second kappa shape index (κ2) is 8.68. The van der Waals surface area contributed by atoms with Gasteiger partial charge in [-0.1, -0.05) is 0 Å². The molecule has 2 saturated heterocycles. The highest BCUT2D eigenvalue weighted by Gasteiger charge is 2.51. The minimum absolute atomic E-state index is 0.575. The molecule has 0 spiro atoms. The van der Waals surface area contributed by atoms with Crippen molar-refractivity contribution in [1.82, 2.24) is 0 Å². The Balaban J connectivity index is 2.29. The van der Waals surface area contributed by atoms with E-state index in [4.69, 9.17) is 23.3 Å². The van der Waals surface area contributed by atoms with E-state index in [1.165, 1.54) is 6.92 Å². The Bertz CT molecular complexity index is 737. The predicted octanol–water partition coefficient (Wildman–Crippen LogP) is -4.08. The summed E-state index contributed by atoms with van der Waals surface area (Å²) < 4.78 is 85.6. The van der Waals surface area contributed by atoms with Crippen LogP contribution in [-0.2, 0) is 43.4 Å². The molecule has 166 valence electrons. The minimum Gasteiger partial charge on any atom is -0.388 e. The van der Waals surface area contributed by atoms with Crippen LogP contribution in [-0.4, -0.2) is 108 Å². The summed E-state index contributed by atoms with van der Waals surface area (Å²) in [5.41, 5.74) is 0. The molecule has 0 bridgehead atoms. The van der Waals surface area contributed by atoms with Crippen LogP contribution in [0.2, 0.25) is 0 Å². The summed E-state index contributed by atoms with van der Waals surface area (Å²) in [4.78, 5) is 0. The van der Waals surface area contributed by atoms with Crippen LogP contribution in [0.4, 0.5) is 0 Å². The lowest BCUT2D eigenvalue weighted by molar-refractivity contribution is -0.332. The van der Waals surface area contributed by atoms with Crippen molar-refractivity contribution in [3.05, 3.63) is 0 Å². The smallest absolute Gasteiger partial charge is 0.388 e. The average Bonchev–Trinajstić information content (AvgIpc) is 2.52. The van der Waals surface area contributed by atoms with Crippen LogP contribution in [0.15, 0.2) is 0 Å². The Kier molecular flexibility index (Phi) is 7.36. The monoisotopic (exact) mass is 456 g/mol. The van der Waals surface area contributed by atoms with Crippen LogP contribution >= 0.6 is 0 Å². The van der Waals surface area contributed by atoms with Gasteiger partial charge in [0.15, 0.2) is 18.7 Å². The quantitative estimate of drug-likeness (QED) is 0.208. The van der Waals surface area contributed by atoms with Crippen molar-refractivity contribution >= 4 is 20.8 Å². The molecule has 2 rings (SSSR count). The number of aliphatic hydroxyl groups excluding tert-OH is 4. The van der Waals surface area contributed by atoms with Gasteiger partial charge in [-0.2, -0.15) is 16.8 Å². The lowest BCUT2D eigenvalue weighted by Gasteiger charge is -2.44. The Morgan fingerprint density at radius 1 is 0.857 bits per heavy atom. The molecule has 2 heterocycles. The Labute approximate surface area is 159 Å². The fourth-order valence-electron chi connectivity index (χ4n) is 2.72. The maximum atomic E-state index is 11.0. The first-order chi connectivity index (χ1) is 12.7. The molecule has 2 fully saturated rings. The second-order valence-corrected chi connectivity index (χ2v) is 8.16. The van der Waals surface area contributed by atoms with Gasteiger partial charge in [-0.3, -0.25) is 9.11 Å². The molecule has 0 radical (unpaired) electrons. The molecule has 0 amide bonds. The third kappa shape index (κ3) is 5.98. The van der Waals surface area contributed by atoms with E-state index in [1.807, 2.05) is 0 Å². The van der Waals surface area contributed by atoms with E-state index in [2.05, 4.69) is 8.37 Å². The fraction of sp³-hybridized carbons (Fsp3) is 1.00. The number of hydrogen-bond acceptors (Lipinski definition) is 13. The Morgan fingerprint density at radius 2 is 1.39 bits per heavy atom.